The normalized spacial score (nSPS) is 17.5. The van der Waals surface area contributed by atoms with Crippen molar-refractivity contribution >= 4 is 29.3 Å². The Hall–Kier alpha value is -1.32. The fourth-order valence-corrected chi connectivity index (χ4v) is 2.42. The van der Waals surface area contributed by atoms with Crippen LogP contribution in [0.15, 0.2) is 42.5 Å². The van der Waals surface area contributed by atoms with Crippen LogP contribution in [0.2, 0.25) is 5.02 Å². The van der Waals surface area contributed by atoms with Gasteiger partial charge in [-0.05, 0) is 30.0 Å². The Bertz CT molecular complexity index is 601. The van der Waals surface area contributed by atoms with Crippen molar-refractivity contribution in [1.82, 2.24) is 14.8 Å². The van der Waals surface area contributed by atoms with Crippen LogP contribution in [0.5, 0.6) is 0 Å². The first-order valence-electron chi connectivity index (χ1n) is 6.14. The van der Waals surface area contributed by atoms with Gasteiger partial charge in [0.25, 0.3) is 0 Å². The van der Waals surface area contributed by atoms with E-state index in [1.807, 2.05) is 24.3 Å². The SMILES string of the molecule is Clc1ccccc1/C=C(/Cn1cncn1)C1(Cl)CC1. The fourth-order valence-electron chi connectivity index (χ4n) is 2.02. The molecule has 0 atom stereocenters. The molecule has 0 bridgehead atoms. The van der Waals surface area contributed by atoms with E-state index in [4.69, 9.17) is 23.2 Å². The van der Waals surface area contributed by atoms with Crippen molar-refractivity contribution < 1.29 is 0 Å². The van der Waals surface area contributed by atoms with Gasteiger partial charge in [-0.1, -0.05) is 35.9 Å². The second-order valence-corrected chi connectivity index (χ2v) is 5.88. The van der Waals surface area contributed by atoms with E-state index >= 15 is 0 Å². The summed E-state index contributed by atoms with van der Waals surface area (Å²) in [4.78, 5) is 3.73. The lowest BCUT2D eigenvalue weighted by atomic mass is 10.1. The summed E-state index contributed by atoms with van der Waals surface area (Å²) >= 11 is 12.8. The molecule has 1 aliphatic carbocycles. The molecule has 0 N–H and O–H groups in total. The van der Waals surface area contributed by atoms with E-state index < -0.39 is 0 Å². The molecule has 0 amide bonds. The van der Waals surface area contributed by atoms with E-state index in [1.54, 1.807) is 11.0 Å². The smallest absolute Gasteiger partial charge is 0.137 e. The summed E-state index contributed by atoms with van der Waals surface area (Å²) in [5.41, 5.74) is 2.12. The van der Waals surface area contributed by atoms with Crippen LogP contribution >= 0.6 is 23.2 Å². The summed E-state index contributed by atoms with van der Waals surface area (Å²) in [5.74, 6) is 0. The van der Waals surface area contributed by atoms with Crippen molar-refractivity contribution in [3.05, 3.63) is 53.1 Å². The highest BCUT2D eigenvalue weighted by molar-refractivity contribution is 6.32. The van der Waals surface area contributed by atoms with Crippen molar-refractivity contribution in [2.24, 2.45) is 0 Å². The Labute approximate surface area is 121 Å². The minimum Gasteiger partial charge on any atom is -0.249 e. The average Bonchev–Trinajstić information content (AvgIpc) is 2.95. The molecule has 1 aromatic carbocycles. The van der Waals surface area contributed by atoms with Crippen LogP contribution in [0, 0.1) is 0 Å². The molecule has 1 fully saturated rings. The average molecular weight is 294 g/mol. The van der Waals surface area contributed by atoms with E-state index in [0.29, 0.717) is 6.54 Å². The van der Waals surface area contributed by atoms with Gasteiger partial charge in [-0.25, -0.2) is 9.67 Å². The molecule has 1 aromatic heterocycles. The number of benzene rings is 1. The van der Waals surface area contributed by atoms with Crippen LogP contribution < -0.4 is 0 Å². The highest BCUT2D eigenvalue weighted by Gasteiger charge is 2.44. The number of allylic oxidation sites excluding steroid dienone is 1. The van der Waals surface area contributed by atoms with Gasteiger partial charge in [-0.2, -0.15) is 5.10 Å². The molecule has 2 aromatic rings. The van der Waals surface area contributed by atoms with E-state index in [1.165, 1.54) is 6.33 Å². The summed E-state index contributed by atoms with van der Waals surface area (Å²) in [6.07, 6.45) is 7.30. The Kier molecular flexibility index (Phi) is 3.33. The molecule has 1 heterocycles. The van der Waals surface area contributed by atoms with Crippen LogP contribution in [0.4, 0.5) is 0 Å². The summed E-state index contributed by atoms with van der Waals surface area (Å²) < 4.78 is 1.78. The number of hydrogen-bond donors (Lipinski definition) is 0. The zero-order valence-electron chi connectivity index (χ0n) is 10.3. The summed E-state index contributed by atoms with van der Waals surface area (Å²) in [6, 6.07) is 7.77. The highest BCUT2D eigenvalue weighted by atomic mass is 35.5. The van der Waals surface area contributed by atoms with Gasteiger partial charge < -0.3 is 0 Å². The van der Waals surface area contributed by atoms with E-state index in [9.17, 15) is 0 Å². The molecule has 0 radical (unpaired) electrons. The minimum atomic E-state index is -0.231. The molecule has 0 saturated heterocycles. The second-order valence-electron chi connectivity index (χ2n) is 4.75. The maximum atomic E-state index is 6.56. The second kappa shape index (κ2) is 4.99. The first kappa shape index (κ1) is 12.7. The quantitative estimate of drug-likeness (QED) is 0.803. The fraction of sp³-hybridized carbons (Fsp3) is 0.286. The van der Waals surface area contributed by atoms with Crippen LogP contribution in [0.3, 0.4) is 0 Å². The molecule has 19 heavy (non-hydrogen) atoms. The molecule has 0 aliphatic heterocycles. The number of rotatable bonds is 4. The van der Waals surface area contributed by atoms with E-state index in [0.717, 1.165) is 29.0 Å². The van der Waals surface area contributed by atoms with Gasteiger partial charge in [0.1, 0.15) is 12.7 Å². The summed E-state index contributed by atoms with van der Waals surface area (Å²) in [6.45, 7) is 0.648. The van der Waals surface area contributed by atoms with Crippen LogP contribution in [-0.4, -0.2) is 19.6 Å². The van der Waals surface area contributed by atoms with Crippen LogP contribution in [0.25, 0.3) is 6.08 Å². The number of nitrogens with zero attached hydrogens (tertiary/aromatic N) is 3. The molecule has 3 rings (SSSR count). The van der Waals surface area contributed by atoms with Gasteiger partial charge in [0.05, 0.1) is 11.4 Å². The lowest BCUT2D eigenvalue weighted by Crippen LogP contribution is -2.11. The standard InChI is InChI=1S/C14H13Cl2N3/c15-13-4-2-1-3-11(13)7-12(14(16)5-6-14)8-19-10-17-9-18-19/h1-4,7,9-10H,5-6,8H2/b12-7-. The number of hydrogen-bond acceptors (Lipinski definition) is 2. The number of aromatic nitrogens is 3. The van der Waals surface area contributed by atoms with Gasteiger partial charge in [-0.3, -0.25) is 0 Å². The van der Waals surface area contributed by atoms with Gasteiger partial charge in [0.2, 0.25) is 0 Å². The largest absolute Gasteiger partial charge is 0.249 e. The Morgan fingerprint density at radius 3 is 2.79 bits per heavy atom. The van der Waals surface area contributed by atoms with Crippen molar-refractivity contribution in [2.75, 3.05) is 0 Å². The maximum Gasteiger partial charge on any atom is 0.137 e. The molecular weight excluding hydrogens is 281 g/mol. The topological polar surface area (TPSA) is 30.7 Å². The van der Waals surface area contributed by atoms with Crippen molar-refractivity contribution in [2.45, 2.75) is 24.3 Å². The predicted octanol–water partition coefficient (Wildman–Crippen LogP) is 3.79. The van der Waals surface area contributed by atoms with Crippen molar-refractivity contribution in [1.29, 1.82) is 0 Å². The first-order chi connectivity index (χ1) is 9.17. The number of halogens is 2. The third kappa shape index (κ3) is 2.82. The molecule has 98 valence electrons. The third-order valence-corrected chi connectivity index (χ3v) is 4.26. The molecule has 5 heteroatoms. The van der Waals surface area contributed by atoms with Gasteiger partial charge in [-0.15, -0.1) is 11.6 Å². The van der Waals surface area contributed by atoms with Gasteiger partial charge >= 0.3 is 0 Å². The van der Waals surface area contributed by atoms with Gasteiger partial charge in [0.15, 0.2) is 0 Å². The minimum absolute atomic E-state index is 0.231. The Balaban J connectivity index is 1.93. The lowest BCUT2D eigenvalue weighted by molar-refractivity contribution is 0.658. The van der Waals surface area contributed by atoms with Crippen LogP contribution in [0.1, 0.15) is 18.4 Å². The van der Waals surface area contributed by atoms with E-state index in [2.05, 4.69) is 16.2 Å². The first-order valence-corrected chi connectivity index (χ1v) is 6.90. The molecular formula is C14H13Cl2N3. The molecule has 1 aliphatic rings. The zero-order chi connectivity index (χ0) is 13.3. The summed E-state index contributed by atoms with van der Waals surface area (Å²) in [7, 11) is 0. The monoisotopic (exact) mass is 293 g/mol. The van der Waals surface area contributed by atoms with Crippen molar-refractivity contribution in [3.8, 4) is 0 Å². The number of alkyl halides is 1. The van der Waals surface area contributed by atoms with Crippen molar-refractivity contribution in [3.63, 3.8) is 0 Å². The third-order valence-electron chi connectivity index (χ3n) is 3.30. The Morgan fingerprint density at radius 2 is 2.16 bits per heavy atom. The molecule has 0 unspecified atom stereocenters. The highest BCUT2D eigenvalue weighted by Crippen LogP contribution is 2.49. The van der Waals surface area contributed by atoms with E-state index in [-0.39, 0.29) is 4.87 Å². The summed E-state index contributed by atoms with van der Waals surface area (Å²) in [5, 5.41) is 4.87. The predicted molar refractivity (Wildman–Crippen MR) is 77.3 cm³/mol. The Morgan fingerprint density at radius 1 is 1.37 bits per heavy atom. The zero-order valence-corrected chi connectivity index (χ0v) is 11.8. The van der Waals surface area contributed by atoms with Gasteiger partial charge in [0, 0.05) is 5.02 Å². The molecule has 3 nitrogen and oxygen atoms in total. The maximum absolute atomic E-state index is 6.56. The molecule has 0 spiro atoms. The van der Waals surface area contributed by atoms with Crippen LogP contribution in [-0.2, 0) is 6.54 Å². The molecule has 1 saturated carbocycles. The lowest BCUT2D eigenvalue weighted by Gasteiger charge is -2.13.